The smallest absolute Gasteiger partial charge is 0.255 e. The van der Waals surface area contributed by atoms with Crippen LogP contribution in [0.15, 0.2) is 48.7 Å². The minimum atomic E-state index is -0.653. The molecule has 3 aromatic rings. The largest absolute Gasteiger partial charge is 0.379 e. The third-order valence-electron chi connectivity index (χ3n) is 13.2. The van der Waals surface area contributed by atoms with Crippen molar-refractivity contribution in [1.29, 1.82) is 0 Å². The van der Waals surface area contributed by atoms with E-state index in [4.69, 9.17) is 9.72 Å². The molecule has 3 aliphatic heterocycles. The van der Waals surface area contributed by atoms with Gasteiger partial charge in [-0.05, 0) is 100 Å². The summed E-state index contributed by atoms with van der Waals surface area (Å²) in [5, 5.41) is 8.90. The summed E-state index contributed by atoms with van der Waals surface area (Å²) in [6, 6.07) is 12.8. The zero-order chi connectivity index (χ0) is 43.3. The second-order valence-corrected chi connectivity index (χ2v) is 17.1. The lowest BCUT2D eigenvalue weighted by Crippen LogP contribution is -2.55. The summed E-state index contributed by atoms with van der Waals surface area (Å²) in [4.78, 5) is 80.9. The van der Waals surface area contributed by atoms with Gasteiger partial charge in [0.15, 0.2) is 5.82 Å². The lowest BCUT2D eigenvalue weighted by molar-refractivity contribution is -0.137. The first-order valence-electron chi connectivity index (χ1n) is 22.2. The van der Waals surface area contributed by atoms with Crippen LogP contribution >= 0.6 is 0 Å². The quantitative estimate of drug-likeness (QED) is 0.121. The Morgan fingerprint density at radius 1 is 0.984 bits per heavy atom. The fraction of sp³-hybridized carbons (Fsp3) is 0.511. The standard InChI is InChI=1S/C47H57N9O6/c1-4-38-46(61)54(3)40-28-48-47(52-42(40)56(38)35-12-5-6-13-35)50-33-17-15-31(16-18-33)43(58)49-32-19-21-34(22-20-32)53(2)25-27-62-26-8-7-10-30-11-9-14-36-37(30)29-55(45(36)60)39-23-24-41(57)51-44(39)59/h9,11,14-18,28,32,34-35,38-39H,4-6,8,12-13,19-27,29H2,1-3H3,(H,49,58)(H,48,50,52)(H,51,57,59)/t32-,34-,38-,39?/m1/s1. The molecular formula is C47H57N9O6. The molecule has 2 atom stereocenters. The van der Waals surface area contributed by atoms with Crippen LogP contribution in [0.1, 0.15) is 116 Å². The number of anilines is 4. The summed E-state index contributed by atoms with van der Waals surface area (Å²) in [5.74, 6) is 6.69. The van der Waals surface area contributed by atoms with Crippen molar-refractivity contribution in [1.82, 2.24) is 30.4 Å². The molecule has 5 amide bonds. The van der Waals surface area contributed by atoms with Crippen LogP contribution in [0.3, 0.4) is 0 Å². The number of fused-ring (bicyclic) bond motifs is 2. The number of aromatic nitrogens is 2. The molecule has 15 heteroatoms. The molecule has 5 aliphatic rings. The second kappa shape index (κ2) is 19.0. The first-order chi connectivity index (χ1) is 30.1. The average molecular weight is 844 g/mol. The Hall–Kier alpha value is -5.85. The molecule has 1 unspecified atom stereocenters. The zero-order valence-electron chi connectivity index (χ0n) is 36.0. The number of hydrogen-bond acceptors (Lipinski definition) is 11. The number of carbonyl (C=O) groups is 5. The molecule has 62 heavy (non-hydrogen) atoms. The first-order valence-corrected chi connectivity index (χ1v) is 22.2. The van der Waals surface area contributed by atoms with Gasteiger partial charge in [0.2, 0.25) is 23.7 Å². The second-order valence-electron chi connectivity index (χ2n) is 17.1. The van der Waals surface area contributed by atoms with E-state index < -0.39 is 11.9 Å². The van der Waals surface area contributed by atoms with Crippen molar-refractivity contribution >= 4 is 52.7 Å². The van der Waals surface area contributed by atoms with Crippen molar-refractivity contribution in [3.63, 3.8) is 0 Å². The lowest BCUT2D eigenvalue weighted by atomic mass is 9.90. The van der Waals surface area contributed by atoms with Gasteiger partial charge in [0.1, 0.15) is 17.8 Å². The van der Waals surface area contributed by atoms with Crippen LogP contribution in [0.2, 0.25) is 0 Å². The van der Waals surface area contributed by atoms with Gasteiger partial charge in [-0.3, -0.25) is 29.3 Å². The van der Waals surface area contributed by atoms with E-state index in [1.54, 1.807) is 29.1 Å². The van der Waals surface area contributed by atoms with Crippen LogP contribution in [0.4, 0.5) is 23.1 Å². The Kier molecular flexibility index (Phi) is 13.2. The molecule has 3 fully saturated rings. The van der Waals surface area contributed by atoms with E-state index in [0.717, 1.165) is 86.2 Å². The number of hydrogen-bond donors (Lipinski definition) is 3. The lowest BCUT2D eigenvalue weighted by Gasteiger charge is -2.43. The minimum absolute atomic E-state index is 0.0836. The van der Waals surface area contributed by atoms with Gasteiger partial charge in [-0.1, -0.05) is 37.7 Å². The normalized spacial score (nSPS) is 22.6. The Bertz CT molecular complexity index is 2240. The van der Waals surface area contributed by atoms with E-state index in [2.05, 4.69) is 56.5 Å². The van der Waals surface area contributed by atoms with Crippen molar-refractivity contribution in [2.45, 2.75) is 121 Å². The van der Waals surface area contributed by atoms with Crippen molar-refractivity contribution < 1.29 is 28.7 Å². The number of nitrogens with zero attached hydrogens (tertiary/aromatic N) is 6. The molecule has 2 aliphatic carbocycles. The molecule has 3 N–H and O–H groups in total. The molecule has 0 radical (unpaired) electrons. The predicted octanol–water partition coefficient (Wildman–Crippen LogP) is 4.92. The average Bonchev–Trinajstić information content (AvgIpc) is 3.93. The van der Waals surface area contributed by atoms with Crippen LogP contribution in [-0.4, -0.2) is 113 Å². The number of rotatable bonds is 13. The summed E-state index contributed by atoms with van der Waals surface area (Å²) in [7, 11) is 3.92. The Morgan fingerprint density at radius 3 is 2.50 bits per heavy atom. The topological polar surface area (TPSA) is 169 Å². The molecule has 1 aromatic heterocycles. The molecule has 0 spiro atoms. The molecule has 0 bridgehead atoms. The highest BCUT2D eigenvalue weighted by Gasteiger charge is 2.42. The number of benzene rings is 2. The summed E-state index contributed by atoms with van der Waals surface area (Å²) in [6.07, 6.45) is 11.8. The van der Waals surface area contributed by atoms with Gasteiger partial charge < -0.3 is 35.0 Å². The maximum atomic E-state index is 13.3. The number of carbonyl (C=O) groups excluding carboxylic acids is 5. The van der Waals surface area contributed by atoms with Gasteiger partial charge >= 0.3 is 0 Å². The van der Waals surface area contributed by atoms with E-state index in [1.807, 2.05) is 36.4 Å². The minimum Gasteiger partial charge on any atom is -0.379 e. The molecule has 15 nitrogen and oxygen atoms in total. The van der Waals surface area contributed by atoms with Gasteiger partial charge in [0.05, 0.1) is 19.4 Å². The summed E-state index contributed by atoms with van der Waals surface area (Å²) in [5.41, 5.74) is 4.24. The van der Waals surface area contributed by atoms with E-state index in [1.165, 1.54) is 0 Å². The molecule has 326 valence electrons. The van der Waals surface area contributed by atoms with Gasteiger partial charge in [-0.25, -0.2) is 4.98 Å². The van der Waals surface area contributed by atoms with Crippen LogP contribution in [0.25, 0.3) is 0 Å². The highest BCUT2D eigenvalue weighted by Crippen LogP contribution is 2.40. The van der Waals surface area contributed by atoms with Crippen molar-refractivity contribution in [2.75, 3.05) is 49.0 Å². The summed E-state index contributed by atoms with van der Waals surface area (Å²) < 4.78 is 5.92. The first kappa shape index (κ1) is 42.8. The Morgan fingerprint density at radius 2 is 1.76 bits per heavy atom. The van der Waals surface area contributed by atoms with Crippen LogP contribution in [-0.2, 0) is 25.7 Å². The third-order valence-corrected chi connectivity index (χ3v) is 13.2. The highest BCUT2D eigenvalue weighted by atomic mass is 16.5. The van der Waals surface area contributed by atoms with Crippen molar-refractivity contribution in [2.24, 2.45) is 0 Å². The van der Waals surface area contributed by atoms with Crippen molar-refractivity contribution in [3.8, 4) is 11.8 Å². The van der Waals surface area contributed by atoms with Gasteiger partial charge in [0, 0.05) is 73.5 Å². The molecule has 1 saturated heterocycles. The van der Waals surface area contributed by atoms with Gasteiger partial charge in [0.25, 0.3) is 11.8 Å². The number of amides is 5. The molecule has 2 aromatic carbocycles. The molecular weight excluding hydrogens is 787 g/mol. The third kappa shape index (κ3) is 9.17. The number of piperidine rings is 1. The van der Waals surface area contributed by atoms with Crippen LogP contribution in [0, 0.1) is 11.8 Å². The summed E-state index contributed by atoms with van der Waals surface area (Å²) in [6.45, 7) is 4.23. The fourth-order valence-electron chi connectivity index (χ4n) is 9.68. The van der Waals surface area contributed by atoms with Crippen molar-refractivity contribution in [3.05, 3.63) is 70.9 Å². The van der Waals surface area contributed by atoms with Gasteiger partial charge in [-0.15, -0.1) is 0 Å². The molecule has 8 rings (SSSR count). The fourth-order valence-corrected chi connectivity index (χ4v) is 9.68. The highest BCUT2D eigenvalue weighted by molar-refractivity contribution is 6.06. The molecule has 2 saturated carbocycles. The number of imide groups is 1. The maximum absolute atomic E-state index is 13.3. The monoisotopic (exact) mass is 843 g/mol. The summed E-state index contributed by atoms with van der Waals surface area (Å²) >= 11 is 0. The van der Waals surface area contributed by atoms with E-state index in [9.17, 15) is 24.0 Å². The number of ether oxygens (including phenoxy) is 1. The predicted molar refractivity (Wildman–Crippen MR) is 235 cm³/mol. The van der Waals surface area contributed by atoms with E-state index in [-0.39, 0.29) is 42.1 Å². The van der Waals surface area contributed by atoms with E-state index >= 15 is 0 Å². The zero-order valence-corrected chi connectivity index (χ0v) is 36.0. The Balaban J connectivity index is 0.747. The number of nitrogens with one attached hydrogen (secondary N) is 3. The SMILES string of the molecule is CC[C@@H]1C(=O)N(C)c2cnc(Nc3ccc(C(=O)N[C@H]4CC[C@H](N(C)CCOCCC#Cc5cccc6c5CN(C5CCC(=O)NC5=O)C6=O)CC4)cc3)nc2N1C1CCCC1. The number of likely N-dealkylation sites (N-methyl/N-ethyl adjacent to an activating group) is 2. The molecule has 4 heterocycles. The Labute approximate surface area is 363 Å². The van der Waals surface area contributed by atoms with E-state index in [0.29, 0.717) is 68.2 Å². The van der Waals surface area contributed by atoms with Gasteiger partial charge in [-0.2, -0.15) is 4.98 Å². The van der Waals surface area contributed by atoms with Crippen LogP contribution in [0.5, 0.6) is 0 Å². The maximum Gasteiger partial charge on any atom is 0.255 e. The van der Waals surface area contributed by atoms with Crippen LogP contribution < -0.4 is 25.8 Å².